The van der Waals surface area contributed by atoms with E-state index in [1.54, 1.807) is 18.0 Å². The quantitative estimate of drug-likeness (QED) is 0.849. The van der Waals surface area contributed by atoms with Crippen LogP contribution in [-0.2, 0) is 17.9 Å². The molecule has 2 aromatic rings. The molecule has 0 fully saturated rings. The van der Waals surface area contributed by atoms with Gasteiger partial charge in [-0.1, -0.05) is 23.7 Å². The Bertz CT molecular complexity index is 621. The van der Waals surface area contributed by atoms with Crippen LogP contribution in [0.2, 0.25) is 5.02 Å². The van der Waals surface area contributed by atoms with Gasteiger partial charge in [-0.15, -0.1) is 0 Å². The van der Waals surface area contributed by atoms with Crippen molar-refractivity contribution < 1.29 is 4.79 Å². The van der Waals surface area contributed by atoms with Gasteiger partial charge in [-0.2, -0.15) is 0 Å². The number of carbonyl (C=O) groups is 1. The molecule has 5 heteroatoms. The van der Waals surface area contributed by atoms with Gasteiger partial charge in [0, 0.05) is 36.9 Å². The molecule has 0 bridgehead atoms. The Hall–Kier alpha value is -1.81. The fourth-order valence-corrected chi connectivity index (χ4v) is 2.49. The van der Waals surface area contributed by atoms with Crippen molar-refractivity contribution in [1.29, 1.82) is 0 Å². The highest BCUT2D eigenvalue weighted by atomic mass is 35.5. The minimum absolute atomic E-state index is 0.0577. The summed E-state index contributed by atoms with van der Waals surface area (Å²) >= 11 is 6.01. The summed E-state index contributed by atoms with van der Waals surface area (Å²) in [5.41, 5.74) is 1.11. The molecule has 0 radical (unpaired) electrons. The summed E-state index contributed by atoms with van der Waals surface area (Å²) in [7, 11) is 0. The van der Waals surface area contributed by atoms with Crippen LogP contribution in [0.4, 0.5) is 0 Å². The minimum Gasteiger partial charge on any atom is -0.333 e. The maximum atomic E-state index is 11.7. The second-order valence-electron chi connectivity index (χ2n) is 5.34. The topological polar surface area (TPSA) is 38.1 Å². The third-order valence-corrected chi connectivity index (χ3v) is 3.62. The number of amides is 1. The van der Waals surface area contributed by atoms with E-state index in [4.69, 9.17) is 11.6 Å². The summed E-state index contributed by atoms with van der Waals surface area (Å²) < 4.78 is 2.05. The van der Waals surface area contributed by atoms with Gasteiger partial charge < -0.3 is 9.47 Å². The normalized spacial score (nSPS) is 10.9. The number of hydrogen-bond donors (Lipinski definition) is 0. The van der Waals surface area contributed by atoms with Crippen molar-refractivity contribution in [3.63, 3.8) is 0 Å². The number of aromatic nitrogens is 2. The van der Waals surface area contributed by atoms with E-state index in [1.807, 2.05) is 48.9 Å². The number of nitrogens with zero attached hydrogens (tertiary/aromatic N) is 3. The number of carbonyl (C=O) groups excluding carboxylic acids is 1. The SMILES string of the molecule is CC(=O)N(Cc1nccn1Cc1cccc(Cl)c1)C(C)C. The van der Waals surface area contributed by atoms with Crippen LogP contribution in [0.15, 0.2) is 36.7 Å². The fourth-order valence-electron chi connectivity index (χ4n) is 2.28. The van der Waals surface area contributed by atoms with Crippen molar-refractivity contribution in [2.75, 3.05) is 0 Å². The summed E-state index contributed by atoms with van der Waals surface area (Å²) in [5.74, 6) is 0.932. The Kier molecular flexibility index (Phi) is 5.02. The molecule has 4 nitrogen and oxygen atoms in total. The first-order valence-electron chi connectivity index (χ1n) is 6.99. The maximum absolute atomic E-state index is 11.7. The van der Waals surface area contributed by atoms with E-state index < -0.39 is 0 Å². The molecule has 1 heterocycles. The third kappa shape index (κ3) is 4.08. The van der Waals surface area contributed by atoms with E-state index in [1.165, 1.54) is 0 Å². The zero-order chi connectivity index (χ0) is 15.4. The van der Waals surface area contributed by atoms with Gasteiger partial charge in [0.1, 0.15) is 5.82 Å². The van der Waals surface area contributed by atoms with Gasteiger partial charge in [0.25, 0.3) is 0 Å². The molecule has 112 valence electrons. The first-order chi connectivity index (χ1) is 9.97. The van der Waals surface area contributed by atoms with Crippen molar-refractivity contribution in [2.24, 2.45) is 0 Å². The molecule has 1 aromatic heterocycles. The van der Waals surface area contributed by atoms with Gasteiger partial charge in [-0.3, -0.25) is 4.79 Å². The monoisotopic (exact) mass is 305 g/mol. The largest absolute Gasteiger partial charge is 0.333 e. The van der Waals surface area contributed by atoms with Gasteiger partial charge in [-0.25, -0.2) is 4.98 Å². The van der Waals surface area contributed by atoms with Crippen LogP contribution in [0.5, 0.6) is 0 Å². The predicted molar refractivity (Wildman–Crippen MR) is 84.1 cm³/mol. The number of halogens is 1. The maximum Gasteiger partial charge on any atom is 0.220 e. The zero-order valence-corrected chi connectivity index (χ0v) is 13.3. The van der Waals surface area contributed by atoms with E-state index >= 15 is 0 Å². The Morgan fingerprint density at radius 3 is 2.81 bits per heavy atom. The summed E-state index contributed by atoms with van der Waals surface area (Å²) in [6, 6.07) is 7.91. The van der Waals surface area contributed by atoms with Crippen molar-refractivity contribution in [3.8, 4) is 0 Å². The average Bonchev–Trinajstić information content (AvgIpc) is 2.82. The van der Waals surface area contributed by atoms with Crippen LogP contribution < -0.4 is 0 Å². The summed E-state index contributed by atoms with van der Waals surface area (Å²) in [6.45, 7) is 6.81. The molecule has 0 atom stereocenters. The highest BCUT2D eigenvalue weighted by Gasteiger charge is 2.16. The molecule has 21 heavy (non-hydrogen) atoms. The second-order valence-corrected chi connectivity index (χ2v) is 5.78. The fraction of sp³-hybridized carbons (Fsp3) is 0.375. The van der Waals surface area contributed by atoms with Crippen LogP contribution in [0.1, 0.15) is 32.2 Å². The number of benzene rings is 1. The lowest BCUT2D eigenvalue weighted by Crippen LogP contribution is -2.35. The molecule has 1 amide bonds. The molecule has 0 unspecified atom stereocenters. The molecular weight excluding hydrogens is 286 g/mol. The van der Waals surface area contributed by atoms with E-state index in [9.17, 15) is 4.79 Å². The van der Waals surface area contributed by atoms with Crippen LogP contribution in [0.25, 0.3) is 0 Å². The molecular formula is C16H20ClN3O. The molecule has 0 N–H and O–H groups in total. The van der Waals surface area contributed by atoms with Crippen molar-refractivity contribution in [2.45, 2.75) is 39.9 Å². The Morgan fingerprint density at radius 2 is 2.19 bits per heavy atom. The molecule has 2 rings (SSSR count). The summed E-state index contributed by atoms with van der Waals surface area (Å²) in [6.07, 6.45) is 3.69. The molecule has 0 aliphatic rings. The van der Waals surface area contributed by atoms with Gasteiger partial charge in [-0.05, 0) is 31.5 Å². The van der Waals surface area contributed by atoms with E-state index in [0.717, 1.165) is 16.4 Å². The molecule has 0 saturated carbocycles. The molecule has 0 aliphatic heterocycles. The van der Waals surface area contributed by atoms with Crippen molar-refractivity contribution in [3.05, 3.63) is 53.1 Å². The molecule has 0 saturated heterocycles. The van der Waals surface area contributed by atoms with Crippen molar-refractivity contribution >= 4 is 17.5 Å². The number of rotatable bonds is 5. The van der Waals surface area contributed by atoms with Crippen molar-refractivity contribution in [1.82, 2.24) is 14.5 Å². The highest BCUT2D eigenvalue weighted by molar-refractivity contribution is 6.30. The van der Waals surface area contributed by atoms with E-state index in [2.05, 4.69) is 4.98 Å². The first kappa shape index (κ1) is 15.6. The van der Waals surface area contributed by atoms with Crippen LogP contribution >= 0.6 is 11.6 Å². The highest BCUT2D eigenvalue weighted by Crippen LogP contribution is 2.14. The van der Waals surface area contributed by atoms with Crippen LogP contribution in [0.3, 0.4) is 0 Å². The lowest BCUT2D eigenvalue weighted by molar-refractivity contribution is -0.131. The Balaban J connectivity index is 2.17. The molecule has 0 spiro atoms. The first-order valence-corrected chi connectivity index (χ1v) is 7.37. The minimum atomic E-state index is 0.0577. The van der Waals surface area contributed by atoms with Crippen LogP contribution in [0, 0.1) is 0 Å². The average molecular weight is 306 g/mol. The summed E-state index contributed by atoms with van der Waals surface area (Å²) in [5, 5.41) is 0.724. The van der Waals surface area contributed by atoms with Gasteiger partial charge in [0.05, 0.1) is 6.54 Å². The smallest absolute Gasteiger partial charge is 0.220 e. The van der Waals surface area contributed by atoms with Gasteiger partial charge in [0.15, 0.2) is 0 Å². The Labute approximate surface area is 130 Å². The third-order valence-electron chi connectivity index (χ3n) is 3.38. The van der Waals surface area contributed by atoms with E-state index in [-0.39, 0.29) is 11.9 Å². The lowest BCUT2D eigenvalue weighted by atomic mass is 10.2. The number of imidazole rings is 1. The Morgan fingerprint density at radius 1 is 1.43 bits per heavy atom. The molecule has 1 aromatic carbocycles. The summed E-state index contributed by atoms with van der Waals surface area (Å²) in [4.78, 5) is 17.9. The van der Waals surface area contributed by atoms with E-state index in [0.29, 0.717) is 13.1 Å². The van der Waals surface area contributed by atoms with Gasteiger partial charge >= 0.3 is 0 Å². The second kappa shape index (κ2) is 6.76. The zero-order valence-electron chi connectivity index (χ0n) is 12.6. The predicted octanol–water partition coefficient (Wildman–Crippen LogP) is 3.34. The standard InChI is InChI=1S/C16H20ClN3O/c1-12(2)20(13(3)21)11-16-18-7-8-19(16)10-14-5-4-6-15(17)9-14/h4-9,12H,10-11H2,1-3H3. The number of hydrogen-bond acceptors (Lipinski definition) is 2. The van der Waals surface area contributed by atoms with Gasteiger partial charge in [0.2, 0.25) is 5.91 Å². The van der Waals surface area contributed by atoms with Crippen LogP contribution in [-0.4, -0.2) is 26.4 Å². The molecule has 0 aliphatic carbocycles. The lowest BCUT2D eigenvalue weighted by Gasteiger charge is -2.25.